The van der Waals surface area contributed by atoms with Crippen molar-refractivity contribution in [2.24, 2.45) is 0 Å². The van der Waals surface area contributed by atoms with Crippen molar-refractivity contribution in [1.82, 2.24) is 25.4 Å². The van der Waals surface area contributed by atoms with Gasteiger partial charge in [-0.15, -0.1) is 0 Å². The molecule has 6 nitrogen and oxygen atoms in total. The number of pyridine rings is 1. The molecule has 1 fully saturated rings. The number of benzene rings is 1. The maximum absolute atomic E-state index is 13.6. The molecule has 0 bridgehead atoms. The Hall–Kier alpha value is -2.80. The molecule has 1 amide bonds. The van der Waals surface area contributed by atoms with Crippen molar-refractivity contribution in [1.29, 1.82) is 0 Å². The van der Waals surface area contributed by atoms with E-state index in [-0.39, 0.29) is 18.1 Å². The van der Waals surface area contributed by atoms with Gasteiger partial charge in [0.2, 0.25) is 5.91 Å². The Kier molecular flexibility index (Phi) is 5.62. The van der Waals surface area contributed by atoms with Crippen molar-refractivity contribution in [3.8, 4) is 0 Å². The molecule has 1 aromatic carbocycles. The van der Waals surface area contributed by atoms with Gasteiger partial charge in [-0.3, -0.25) is 4.79 Å². The van der Waals surface area contributed by atoms with E-state index >= 15 is 0 Å². The van der Waals surface area contributed by atoms with Crippen LogP contribution in [0.2, 0.25) is 0 Å². The molecule has 2 aromatic heterocycles. The molecule has 1 aliphatic heterocycles. The first-order chi connectivity index (χ1) is 13.7. The molecule has 2 N–H and O–H groups in total. The Morgan fingerprint density at radius 1 is 1.29 bits per heavy atom. The highest BCUT2D eigenvalue weighted by atomic mass is 19.1. The highest BCUT2D eigenvalue weighted by molar-refractivity contribution is 5.79. The number of carbonyl (C=O) groups excluding carboxylic acids is 1. The first-order valence-electron chi connectivity index (χ1n) is 9.74. The second kappa shape index (κ2) is 8.48. The number of amides is 1. The van der Waals surface area contributed by atoms with Gasteiger partial charge in [-0.25, -0.2) is 14.1 Å². The number of rotatable bonds is 7. The van der Waals surface area contributed by atoms with Crippen molar-refractivity contribution in [2.45, 2.75) is 31.7 Å². The highest BCUT2D eigenvalue weighted by Gasteiger charge is 2.23. The van der Waals surface area contributed by atoms with E-state index < -0.39 is 0 Å². The number of aromatic nitrogens is 3. The summed E-state index contributed by atoms with van der Waals surface area (Å²) in [6, 6.07) is 10.6. The average molecular weight is 381 g/mol. The van der Waals surface area contributed by atoms with Crippen LogP contribution in [0.1, 0.15) is 30.0 Å². The van der Waals surface area contributed by atoms with E-state index in [1.807, 2.05) is 10.7 Å². The highest BCUT2D eigenvalue weighted by Crippen LogP contribution is 2.27. The number of hydrogen-bond donors (Lipinski definition) is 2. The maximum Gasteiger partial charge on any atom is 0.220 e. The van der Waals surface area contributed by atoms with Gasteiger partial charge in [0.25, 0.3) is 0 Å². The van der Waals surface area contributed by atoms with Crippen molar-refractivity contribution < 1.29 is 9.18 Å². The lowest BCUT2D eigenvalue weighted by atomic mass is 10.0. The van der Waals surface area contributed by atoms with Crippen molar-refractivity contribution in [3.63, 3.8) is 0 Å². The van der Waals surface area contributed by atoms with E-state index in [1.54, 1.807) is 24.4 Å². The summed E-state index contributed by atoms with van der Waals surface area (Å²) in [6.07, 6.45) is 3.50. The predicted octanol–water partition coefficient (Wildman–Crippen LogP) is 2.40. The minimum Gasteiger partial charge on any atom is -0.354 e. The first-order valence-corrected chi connectivity index (χ1v) is 9.74. The van der Waals surface area contributed by atoms with Crippen LogP contribution in [0.3, 0.4) is 0 Å². The smallest absolute Gasteiger partial charge is 0.220 e. The zero-order valence-corrected chi connectivity index (χ0v) is 15.7. The summed E-state index contributed by atoms with van der Waals surface area (Å²) in [6.45, 7) is 2.97. The largest absolute Gasteiger partial charge is 0.354 e. The third-order valence-corrected chi connectivity index (χ3v) is 5.21. The number of fused-ring (bicyclic) bond motifs is 1. The fourth-order valence-corrected chi connectivity index (χ4v) is 3.72. The summed E-state index contributed by atoms with van der Waals surface area (Å²) in [5, 5.41) is 12.2. The van der Waals surface area contributed by atoms with Gasteiger partial charge in [0, 0.05) is 37.0 Å². The van der Waals surface area contributed by atoms with Crippen LogP contribution in [0.4, 0.5) is 4.39 Å². The Morgan fingerprint density at radius 3 is 3.00 bits per heavy atom. The summed E-state index contributed by atoms with van der Waals surface area (Å²) in [5.41, 5.74) is 2.50. The number of nitrogens with zero attached hydrogens (tertiary/aromatic N) is 3. The van der Waals surface area contributed by atoms with Gasteiger partial charge in [-0.05, 0) is 43.1 Å². The van der Waals surface area contributed by atoms with Crippen LogP contribution in [0.25, 0.3) is 11.0 Å². The molecule has 146 valence electrons. The molecular weight excluding hydrogens is 357 g/mol. The van der Waals surface area contributed by atoms with Crippen molar-refractivity contribution in [2.75, 3.05) is 19.6 Å². The molecule has 0 spiro atoms. The molecule has 7 heteroatoms. The third kappa shape index (κ3) is 4.04. The maximum atomic E-state index is 13.6. The topological polar surface area (TPSA) is 71.8 Å². The van der Waals surface area contributed by atoms with E-state index in [0.29, 0.717) is 31.0 Å². The molecule has 3 heterocycles. The van der Waals surface area contributed by atoms with Gasteiger partial charge in [0.05, 0.1) is 12.2 Å². The van der Waals surface area contributed by atoms with E-state index in [9.17, 15) is 9.18 Å². The van der Waals surface area contributed by atoms with E-state index in [0.717, 1.165) is 36.2 Å². The summed E-state index contributed by atoms with van der Waals surface area (Å²) in [4.78, 5) is 16.6. The normalized spacial score (nSPS) is 16.5. The minimum atomic E-state index is -0.265. The lowest BCUT2D eigenvalue weighted by Gasteiger charge is -2.07. The predicted molar refractivity (Wildman–Crippen MR) is 105 cm³/mol. The lowest BCUT2D eigenvalue weighted by molar-refractivity contribution is -0.121. The number of hydrogen-bond acceptors (Lipinski definition) is 4. The second-order valence-electron chi connectivity index (χ2n) is 7.11. The van der Waals surface area contributed by atoms with Gasteiger partial charge in [-0.1, -0.05) is 18.2 Å². The van der Waals surface area contributed by atoms with E-state index in [2.05, 4.69) is 21.7 Å². The zero-order valence-electron chi connectivity index (χ0n) is 15.7. The molecule has 0 saturated carbocycles. The Labute approximate surface area is 163 Å². The SMILES string of the molecule is O=C(CCc1ccccc1F)NCCn1nc([C@H]2CCNC2)c2cccnc21. The Bertz CT molecular complexity index is 964. The van der Waals surface area contributed by atoms with Gasteiger partial charge in [0.1, 0.15) is 5.82 Å². The standard InChI is InChI=1S/C21H24FN5O/c22-18-6-2-1-4-15(18)7-8-19(28)24-12-13-27-21-17(5-3-10-25-21)20(26-27)16-9-11-23-14-16/h1-6,10,16,23H,7-9,11-14H2,(H,24,28)/t16-/m0/s1. The van der Waals surface area contributed by atoms with Crippen LogP contribution < -0.4 is 10.6 Å². The summed E-state index contributed by atoms with van der Waals surface area (Å²) < 4.78 is 15.5. The average Bonchev–Trinajstić information content (AvgIpc) is 3.36. The molecule has 0 radical (unpaired) electrons. The molecule has 4 rings (SSSR count). The minimum absolute atomic E-state index is 0.0899. The second-order valence-corrected chi connectivity index (χ2v) is 7.11. The van der Waals surface area contributed by atoms with Gasteiger partial charge >= 0.3 is 0 Å². The van der Waals surface area contributed by atoms with Crippen LogP contribution in [0.5, 0.6) is 0 Å². The van der Waals surface area contributed by atoms with Crippen LogP contribution in [-0.2, 0) is 17.8 Å². The van der Waals surface area contributed by atoms with Crippen LogP contribution in [0.15, 0.2) is 42.6 Å². The van der Waals surface area contributed by atoms with E-state index in [4.69, 9.17) is 5.10 Å². The fourth-order valence-electron chi connectivity index (χ4n) is 3.72. The summed E-state index contributed by atoms with van der Waals surface area (Å²) in [5.74, 6) is 0.0505. The van der Waals surface area contributed by atoms with Gasteiger partial charge in [0.15, 0.2) is 5.65 Å². The van der Waals surface area contributed by atoms with E-state index in [1.165, 1.54) is 6.07 Å². The number of carbonyl (C=O) groups is 1. The fraction of sp³-hybridized carbons (Fsp3) is 0.381. The van der Waals surface area contributed by atoms with Crippen LogP contribution >= 0.6 is 0 Å². The molecular formula is C21H24FN5O. The van der Waals surface area contributed by atoms with Crippen molar-refractivity contribution in [3.05, 3.63) is 59.7 Å². The van der Waals surface area contributed by atoms with Gasteiger partial charge in [-0.2, -0.15) is 5.10 Å². The summed E-state index contributed by atoms with van der Waals surface area (Å²) in [7, 11) is 0. The van der Waals surface area contributed by atoms with Crippen LogP contribution in [0, 0.1) is 5.82 Å². The van der Waals surface area contributed by atoms with Crippen molar-refractivity contribution >= 4 is 16.9 Å². The Morgan fingerprint density at radius 2 is 2.18 bits per heavy atom. The molecule has 3 aromatic rings. The molecule has 1 atom stereocenters. The molecule has 1 aliphatic rings. The number of halogens is 1. The zero-order chi connectivity index (χ0) is 19.3. The quantitative estimate of drug-likeness (QED) is 0.659. The molecule has 0 aliphatic carbocycles. The monoisotopic (exact) mass is 381 g/mol. The molecule has 1 saturated heterocycles. The molecule has 28 heavy (non-hydrogen) atoms. The molecule has 0 unspecified atom stereocenters. The summed E-state index contributed by atoms with van der Waals surface area (Å²) >= 11 is 0. The third-order valence-electron chi connectivity index (χ3n) is 5.21. The lowest BCUT2D eigenvalue weighted by Crippen LogP contribution is -2.27. The first kappa shape index (κ1) is 18.6. The number of aryl methyl sites for hydroxylation is 1. The number of nitrogens with one attached hydrogen (secondary N) is 2. The van der Waals surface area contributed by atoms with Crippen LogP contribution in [-0.4, -0.2) is 40.3 Å². The van der Waals surface area contributed by atoms with Gasteiger partial charge < -0.3 is 10.6 Å². The Balaban J connectivity index is 1.35.